The fourth-order valence-corrected chi connectivity index (χ4v) is 16.9. The molecule has 164 valence electrons. The van der Waals surface area contributed by atoms with E-state index in [-0.39, 0.29) is 44.0 Å². The Bertz CT molecular complexity index is 1300. The van der Waals surface area contributed by atoms with Crippen LogP contribution >= 0.6 is 0 Å². The first-order valence-corrected chi connectivity index (χ1v) is 15.2. The van der Waals surface area contributed by atoms with Crippen molar-refractivity contribution in [2.45, 2.75) is 8.45 Å². The molecule has 4 aromatic rings. The van der Waals surface area contributed by atoms with E-state index < -0.39 is 8.07 Å². The average Bonchev–Trinajstić information content (AvgIpc) is 3.42. The number of hydrogen-bond acceptors (Lipinski definition) is 0. The Morgan fingerprint density at radius 3 is 1.29 bits per heavy atom. The zero-order chi connectivity index (χ0) is 21.1. The molecular weight excluding hydrogens is 507 g/mol. The predicted molar refractivity (Wildman–Crippen MR) is 132 cm³/mol. The van der Waals surface area contributed by atoms with Crippen LogP contribution in [-0.2, 0) is 19.2 Å². The van der Waals surface area contributed by atoms with E-state index in [0.717, 1.165) is 0 Å². The van der Waals surface area contributed by atoms with E-state index in [1.807, 2.05) is 0 Å². The number of benzene rings is 4. The minimum atomic E-state index is -2.34. The Morgan fingerprint density at radius 2 is 0.853 bits per heavy atom. The number of hydrogen-bond donors (Lipinski definition) is 0. The van der Waals surface area contributed by atoms with Crippen LogP contribution in [0.3, 0.4) is 0 Å². The van der Waals surface area contributed by atoms with Crippen molar-refractivity contribution < 1.29 is 44.0 Å². The minimum Gasteiger partial charge on any atom is -1.00 e. The van der Waals surface area contributed by atoms with Crippen LogP contribution in [-0.4, -0.2) is 8.07 Å². The Hall–Kier alpha value is -2.13. The largest absolute Gasteiger partial charge is 1.00 e. The van der Waals surface area contributed by atoms with Gasteiger partial charge in [0.05, 0.1) is 0 Å². The van der Waals surface area contributed by atoms with Gasteiger partial charge in [0, 0.05) is 0 Å². The summed E-state index contributed by atoms with van der Waals surface area (Å²) < 4.78 is 1.23. The van der Waals surface area contributed by atoms with Crippen molar-refractivity contribution in [3.05, 3.63) is 142 Å². The van der Waals surface area contributed by atoms with E-state index in [1.165, 1.54) is 21.5 Å². The molecule has 4 heteroatoms. The summed E-state index contributed by atoms with van der Waals surface area (Å²) in [5.41, 5.74) is 6.06. The third-order valence-corrected chi connectivity index (χ3v) is 16.4. The molecule has 0 bridgehead atoms. The van der Waals surface area contributed by atoms with Gasteiger partial charge in [0.2, 0.25) is 0 Å². The third kappa shape index (κ3) is 3.22. The fourth-order valence-electron chi connectivity index (χ4n) is 6.20. The second-order valence-corrected chi connectivity index (χ2v) is 15.1. The Balaban J connectivity index is 0.00000120. The first kappa shape index (κ1) is 23.6. The van der Waals surface area contributed by atoms with Gasteiger partial charge in [-0.15, -0.1) is 0 Å². The monoisotopic (exact) mass is 528 g/mol. The van der Waals surface area contributed by atoms with Crippen molar-refractivity contribution in [1.82, 2.24) is 0 Å². The van der Waals surface area contributed by atoms with E-state index in [0.29, 0.717) is 8.45 Å². The quantitative estimate of drug-likeness (QED) is 0.314. The van der Waals surface area contributed by atoms with E-state index >= 15 is 0 Å². The minimum absolute atomic E-state index is 0. The van der Waals surface area contributed by atoms with Crippen LogP contribution in [0.1, 0.15) is 30.7 Å². The van der Waals surface area contributed by atoms with Crippen LogP contribution in [0.2, 0.25) is 0 Å². The zero-order valence-corrected chi connectivity index (χ0v) is 22.5. The van der Waals surface area contributed by atoms with Crippen LogP contribution in [0.25, 0.3) is 12.2 Å². The Morgan fingerprint density at radius 1 is 0.471 bits per heavy atom. The van der Waals surface area contributed by atoms with Gasteiger partial charge in [-0.05, 0) is 0 Å². The molecule has 2 unspecified atom stereocenters. The number of allylic oxidation sites excluding steroid dienone is 2. The molecule has 1 aliphatic heterocycles. The van der Waals surface area contributed by atoms with Crippen LogP contribution in [0.5, 0.6) is 0 Å². The predicted octanol–water partition coefficient (Wildman–Crippen LogP) is -0.291. The smallest absolute Gasteiger partial charge is 1.00 e. The molecule has 4 aromatic carbocycles. The van der Waals surface area contributed by atoms with Crippen molar-refractivity contribution in [2.75, 3.05) is 0 Å². The van der Waals surface area contributed by atoms with Crippen molar-refractivity contribution in [1.29, 1.82) is 0 Å². The van der Waals surface area contributed by atoms with Crippen molar-refractivity contribution in [2.24, 2.45) is 0 Å². The molecule has 34 heavy (non-hydrogen) atoms. The number of rotatable bonds is 2. The van der Waals surface area contributed by atoms with Crippen LogP contribution < -0.4 is 35.2 Å². The zero-order valence-electron chi connectivity index (χ0n) is 18.5. The van der Waals surface area contributed by atoms with Gasteiger partial charge in [-0.25, -0.2) is 0 Å². The summed E-state index contributed by atoms with van der Waals surface area (Å²) in [4.78, 5) is 0. The SMILES string of the molecule is C1=C2[CH]([Ti+2][CH]3C(=Cc4ccccc43)[Si]2(c2ccccc2)c2ccccc2)c2ccccc21.[Cl-].[Cl-]. The number of halogens is 2. The number of fused-ring (bicyclic) bond motifs is 6. The average molecular weight is 529 g/mol. The van der Waals surface area contributed by atoms with Gasteiger partial charge in [-0.3, -0.25) is 0 Å². The summed E-state index contributed by atoms with van der Waals surface area (Å²) in [5, 5.41) is 6.52. The van der Waals surface area contributed by atoms with Gasteiger partial charge < -0.3 is 24.8 Å². The van der Waals surface area contributed by atoms with E-state index in [9.17, 15) is 0 Å². The summed E-state index contributed by atoms with van der Waals surface area (Å²) in [7, 11) is -2.34. The molecule has 0 nitrogen and oxygen atoms in total. The summed E-state index contributed by atoms with van der Waals surface area (Å²) in [6, 6.07) is 41.3. The maximum absolute atomic E-state index is 2.59. The van der Waals surface area contributed by atoms with Gasteiger partial charge in [0.1, 0.15) is 0 Å². The summed E-state index contributed by atoms with van der Waals surface area (Å²) >= 11 is -0.270. The maximum atomic E-state index is 2.59. The summed E-state index contributed by atoms with van der Waals surface area (Å²) in [6.45, 7) is 0. The molecule has 1 saturated heterocycles. The fraction of sp³-hybridized carbons (Fsp3) is 0.0667. The van der Waals surface area contributed by atoms with E-state index in [4.69, 9.17) is 0 Å². The van der Waals surface area contributed by atoms with Crippen LogP contribution in [0.4, 0.5) is 0 Å². The first-order chi connectivity index (χ1) is 15.9. The molecule has 2 atom stereocenters. The third-order valence-electron chi connectivity index (χ3n) is 7.47. The van der Waals surface area contributed by atoms with Crippen molar-refractivity contribution in [3.63, 3.8) is 0 Å². The molecule has 2 aliphatic carbocycles. The van der Waals surface area contributed by atoms with E-state index in [2.05, 4.69) is 121 Å². The Labute approximate surface area is 223 Å². The molecule has 7 rings (SSSR count). The van der Waals surface area contributed by atoms with Crippen LogP contribution in [0, 0.1) is 0 Å². The molecule has 1 heterocycles. The summed E-state index contributed by atoms with van der Waals surface area (Å²) in [6.07, 6.45) is 5.19. The molecule has 0 radical (unpaired) electrons. The molecule has 0 saturated carbocycles. The topological polar surface area (TPSA) is 0 Å². The summed E-state index contributed by atoms with van der Waals surface area (Å²) in [5.74, 6) is 0. The van der Waals surface area contributed by atoms with Gasteiger partial charge in [0.15, 0.2) is 0 Å². The van der Waals surface area contributed by atoms with Crippen molar-refractivity contribution >= 4 is 30.6 Å². The maximum Gasteiger partial charge on any atom is -1.00 e. The standard InChI is InChI=1S/C30H22Si.2ClH.Ti/c1-3-15-27(16-4-1)31(28-17-5-2-6-18-28,29-19-23-11-7-8-12-24(23)20-29)30-21-25-13-9-10-14-26(25)22-30;;;/h1-22H;2*1H;/q;;;+2/p-2. The molecule has 1 fully saturated rings. The first-order valence-electron chi connectivity index (χ1n) is 11.4. The van der Waals surface area contributed by atoms with E-state index in [1.54, 1.807) is 21.5 Å². The second-order valence-electron chi connectivity index (χ2n) is 8.97. The molecule has 3 aliphatic rings. The molecule has 0 spiro atoms. The Kier molecular flexibility index (Phi) is 6.35. The molecular formula is C30H22Cl2SiTi. The van der Waals surface area contributed by atoms with Gasteiger partial charge in [-0.1, -0.05) is 0 Å². The molecule has 0 N–H and O–H groups in total. The van der Waals surface area contributed by atoms with Crippen LogP contribution in [0.15, 0.2) is 120 Å². The molecule has 0 amide bonds. The molecule has 0 aromatic heterocycles. The second kappa shape index (κ2) is 9.15. The van der Waals surface area contributed by atoms with Crippen molar-refractivity contribution in [3.8, 4) is 0 Å². The van der Waals surface area contributed by atoms with Gasteiger partial charge >= 0.3 is 200 Å². The van der Waals surface area contributed by atoms with Gasteiger partial charge in [-0.2, -0.15) is 0 Å². The van der Waals surface area contributed by atoms with Gasteiger partial charge in [0.25, 0.3) is 0 Å². The normalized spacial score (nSPS) is 19.9.